The third-order valence-electron chi connectivity index (χ3n) is 2.70. The lowest BCUT2D eigenvalue weighted by Gasteiger charge is -2.22. The van der Waals surface area contributed by atoms with E-state index in [0.29, 0.717) is 24.2 Å². The van der Waals surface area contributed by atoms with Gasteiger partial charge in [-0.15, -0.1) is 0 Å². The van der Waals surface area contributed by atoms with Crippen LogP contribution < -0.4 is 5.73 Å². The number of primary amides is 1. The van der Waals surface area contributed by atoms with Crippen LogP contribution >= 0.6 is 0 Å². The second-order valence-corrected chi connectivity index (χ2v) is 4.20. The molecule has 2 amide bonds. The van der Waals surface area contributed by atoms with Crippen molar-refractivity contribution in [3.05, 3.63) is 35.4 Å². The average molecular weight is 248 g/mol. The molecule has 4 nitrogen and oxygen atoms in total. The minimum Gasteiger partial charge on any atom is -0.366 e. The molecule has 4 heteroatoms. The summed E-state index contributed by atoms with van der Waals surface area (Å²) >= 11 is 0. The molecule has 98 valence electrons. The van der Waals surface area contributed by atoms with Gasteiger partial charge in [0.05, 0.1) is 11.1 Å². The van der Waals surface area contributed by atoms with Gasteiger partial charge in [0, 0.05) is 13.1 Å². The van der Waals surface area contributed by atoms with Gasteiger partial charge in [-0.25, -0.2) is 0 Å². The quantitative estimate of drug-likeness (QED) is 0.837. The number of nitrogens with zero attached hydrogens (tertiary/aromatic N) is 1. The van der Waals surface area contributed by atoms with Crippen molar-refractivity contribution < 1.29 is 9.59 Å². The highest BCUT2D eigenvalue weighted by Gasteiger charge is 2.19. The fraction of sp³-hybridized carbons (Fsp3) is 0.429. The van der Waals surface area contributed by atoms with Gasteiger partial charge in [-0.1, -0.05) is 26.0 Å². The van der Waals surface area contributed by atoms with Crippen molar-refractivity contribution in [2.24, 2.45) is 5.73 Å². The van der Waals surface area contributed by atoms with Gasteiger partial charge < -0.3 is 10.6 Å². The molecule has 0 heterocycles. The molecule has 0 fully saturated rings. The molecular weight excluding hydrogens is 228 g/mol. The van der Waals surface area contributed by atoms with Crippen LogP contribution in [0.5, 0.6) is 0 Å². The zero-order valence-corrected chi connectivity index (χ0v) is 11.0. The van der Waals surface area contributed by atoms with Gasteiger partial charge in [0.1, 0.15) is 0 Å². The monoisotopic (exact) mass is 248 g/mol. The van der Waals surface area contributed by atoms with Crippen molar-refractivity contribution >= 4 is 11.8 Å². The zero-order valence-electron chi connectivity index (χ0n) is 11.0. The predicted octanol–water partition coefficient (Wildman–Crippen LogP) is 2.05. The summed E-state index contributed by atoms with van der Waals surface area (Å²) in [6.45, 7) is 5.44. The Morgan fingerprint density at radius 2 is 1.56 bits per heavy atom. The van der Waals surface area contributed by atoms with E-state index >= 15 is 0 Å². The number of benzene rings is 1. The summed E-state index contributed by atoms with van der Waals surface area (Å²) in [4.78, 5) is 25.4. The number of rotatable bonds is 6. The molecule has 0 bridgehead atoms. The Hall–Kier alpha value is -1.84. The first-order valence-electron chi connectivity index (χ1n) is 6.29. The van der Waals surface area contributed by atoms with E-state index in [0.717, 1.165) is 12.8 Å². The Kier molecular flexibility index (Phi) is 5.36. The van der Waals surface area contributed by atoms with Crippen LogP contribution in [0.3, 0.4) is 0 Å². The Bertz CT molecular complexity index is 424. The summed E-state index contributed by atoms with van der Waals surface area (Å²) in [5.74, 6) is -0.681. The fourth-order valence-electron chi connectivity index (χ4n) is 1.91. The minimum atomic E-state index is -0.563. The van der Waals surface area contributed by atoms with E-state index in [9.17, 15) is 9.59 Å². The second kappa shape index (κ2) is 6.79. The first kappa shape index (κ1) is 14.2. The molecule has 0 spiro atoms. The van der Waals surface area contributed by atoms with Crippen molar-refractivity contribution in [2.45, 2.75) is 26.7 Å². The predicted molar refractivity (Wildman–Crippen MR) is 71.4 cm³/mol. The third-order valence-corrected chi connectivity index (χ3v) is 2.70. The Labute approximate surface area is 108 Å². The summed E-state index contributed by atoms with van der Waals surface area (Å²) in [6.07, 6.45) is 1.79. The van der Waals surface area contributed by atoms with Crippen LogP contribution in [-0.2, 0) is 0 Å². The maximum absolute atomic E-state index is 12.4. The van der Waals surface area contributed by atoms with Gasteiger partial charge >= 0.3 is 0 Å². The first-order chi connectivity index (χ1) is 8.61. The van der Waals surface area contributed by atoms with E-state index in [4.69, 9.17) is 5.73 Å². The topological polar surface area (TPSA) is 63.4 Å². The van der Waals surface area contributed by atoms with Crippen LogP contribution in [0.2, 0.25) is 0 Å². The van der Waals surface area contributed by atoms with E-state index < -0.39 is 5.91 Å². The van der Waals surface area contributed by atoms with Crippen molar-refractivity contribution in [3.8, 4) is 0 Å². The van der Waals surface area contributed by atoms with Crippen molar-refractivity contribution in [3.63, 3.8) is 0 Å². The smallest absolute Gasteiger partial charge is 0.254 e. The fourth-order valence-corrected chi connectivity index (χ4v) is 1.91. The largest absolute Gasteiger partial charge is 0.366 e. The Morgan fingerprint density at radius 3 is 2.00 bits per heavy atom. The van der Waals surface area contributed by atoms with Gasteiger partial charge in [-0.3, -0.25) is 9.59 Å². The number of carbonyl (C=O) groups excluding carboxylic acids is 2. The molecular formula is C14H20N2O2. The zero-order chi connectivity index (χ0) is 13.5. The molecule has 0 unspecified atom stereocenters. The lowest BCUT2D eigenvalue weighted by Crippen LogP contribution is -2.34. The molecule has 0 aliphatic rings. The molecule has 0 aliphatic heterocycles. The molecule has 0 saturated heterocycles. The van der Waals surface area contributed by atoms with Gasteiger partial charge in [-0.05, 0) is 25.0 Å². The maximum atomic E-state index is 12.4. The molecule has 1 rings (SSSR count). The van der Waals surface area contributed by atoms with Gasteiger partial charge in [0.15, 0.2) is 0 Å². The molecule has 0 aromatic heterocycles. The van der Waals surface area contributed by atoms with E-state index in [2.05, 4.69) is 0 Å². The highest BCUT2D eigenvalue weighted by Crippen LogP contribution is 2.12. The van der Waals surface area contributed by atoms with Crippen molar-refractivity contribution in [1.82, 2.24) is 4.90 Å². The molecule has 0 radical (unpaired) electrons. The summed E-state index contributed by atoms with van der Waals surface area (Å²) in [7, 11) is 0. The van der Waals surface area contributed by atoms with E-state index in [1.165, 1.54) is 0 Å². The number of hydrogen-bond acceptors (Lipinski definition) is 2. The van der Waals surface area contributed by atoms with Crippen molar-refractivity contribution in [2.75, 3.05) is 13.1 Å². The van der Waals surface area contributed by atoms with Gasteiger partial charge in [-0.2, -0.15) is 0 Å². The minimum absolute atomic E-state index is 0.117. The lowest BCUT2D eigenvalue weighted by molar-refractivity contribution is 0.0750. The Balaban J connectivity index is 3.04. The molecule has 0 atom stereocenters. The highest BCUT2D eigenvalue weighted by atomic mass is 16.2. The van der Waals surface area contributed by atoms with Crippen LogP contribution in [0.4, 0.5) is 0 Å². The molecule has 2 N–H and O–H groups in total. The highest BCUT2D eigenvalue weighted by molar-refractivity contribution is 6.06. The molecule has 1 aromatic rings. The lowest BCUT2D eigenvalue weighted by atomic mass is 10.1. The van der Waals surface area contributed by atoms with E-state index in [1.807, 2.05) is 13.8 Å². The van der Waals surface area contributed by atoms with Gasteiger partial charge in [0.25, 0.3) is 5.91 Å². The summed E-state index contributed by atoms with van der Waals surface area (Å²) in [5, 5.41) is 0. The van der Waals surface area contributed by atoms with Crippen molar-refractivity contribution in [1.29, 1.82) is 0 Å². The number of hydrogen-bond donors (Lipinski definition) is 1. The number of amides is 2. The molecule has 0 saturated carbocycles. The van der Waals surface area contributed by atoms with E-state index in [-0.39, 0.29) is 5.91 Å². The standard InChI is InChI=1S/C14H20N2O2/c1-3-9-16(10-4-2)14(18)12-8-6-5-7-11(12)13(15)17/h5-8H,3-4,9-10H2,1-2H3,(H2,15,17). The maximum Gasteiger partial charge on any atom is 0.254 e. The van der Waals surface area contributed by atoms with Crippen LogP contribution in [0, 0.1) is 0 Å². The summed E-state index contributed by atoms with van der Waals surface area (Å²) in [5.41, 5.74) is 5.98. The van der Waals surface area contributed by atoms with Crippen LogP contribution in [0.25, 0.3) is 0 Å². The molecule has 18 heavy (non-hydrogen) atoms. The number of carbonyl (C=O) groups is 2. The molecule has 0 aliphatic carbocycles. The SMILES string of the molecule is CCCN(CCC)C(=O)c1ccccc1C(N)=O. The molecule has 1 aromatic carbocycles. The summed E-state index contributed by atoms with van der Waals surface area (Å²) < 4.78 is 0. The second-order valence-electron chi connectivity index (χ2n) is 4.20. The normalized spacial score (nSPS) is 10.1. The van der Waals surface area contributed by atoms with Crippen LogP contribution in [0.15, 0.2) is 24.3 Å². The van der Waals surface area contributed by atoms with Gasteiger partial charge in [0.2, 0.25) is 5.91 Å². The number of nitrogens with two attached hydrogens (primary N) is 1. The van der Waals surface area contributed by atoms with Crippen LogP contribution in [0.1, 0.15) is 47.4 Å². The Morgan fingerprint density at radius 1 is 1.06 bits per heavy atom. The third kappa shape index (κ3) is 3.32. The average Bonchev–Trinajstić information content (AvgIpc) is 2.37. The van der Waals surface area contributed by atoms with Crippen LogP contribution in [-0.4, -0.2) is 29.8 Å². The summed E-state index contributed by atoms with van der Waals surface area (Å²) in [6, 6.07) is 6.70. The van der Waals surface area contributed by atoms with E-state index in [1.54, 1.807) is 29.2 Å². The first-order valence-corrected chi connectivity index (χ1v) is 6.29.